The van der Waals surface area contributed by atoms with E-state index in [9.17, 15) is 5.11 Å². The molecule has 3 aromatic heterocycles. The molecule has 0 aliphatic heterocycles. The van der Waals surface area contributed by atoms with Crippen molar-refractivity contribution in [1.29, 1.82) is 0 Å². The second-order valence-electron chi connectivity index (χ2n) is 8.95. The average Bonchev–Trinajstić information content (AvgIpc) is 3.68. The summed E-state index contributed by atoms with van der Waals surface area (Å²) in [7, 11) is 0. The average molecular weight is 719 g/mol. The van der Waals surface area contributed by atoms with E-state index in [2.05, 4.69) is 11.1 Å². The van der Waals surface area contributed by atoms with Gasteiger partial charge in [0.15, 0.2) is 0 Å². The number of para-hydroxylation sites is 3. The number of fused-ring (bicyclic) bond motifs is 1. The third kappa shape index (κ3) is 4.68. The van der Waals surface area contributed by atoms with Crippen molar-refractivity contribution < 1.29 is 30.3 Å². The van der Waals surface area contributed by atoms with Gasteiger partial charge in [0.1, 0.15) is 11.6 Å². The number of phenols is 1. The molecule has 4 aromatic carbocycles. The Morgan fingerprint density at radius 2 is 1.57 bits per heavy atom. The number of pyridine rings is 1. The van der Waals surface area contributed by atoms with Crippen molar-refractivity contribution in [3.8, 4) is 55.6 Å². The van der Waals surface area contributed by atoms with Crippen LogP contribution in [0.3, 0.4) is 0 Å². The molecule has 4 nitrogen and oxygen atoms in total. The van der Waals surface area contributed by atoms with Crippen molar-refractivity contribution in [1.82, 2.24) is 14.5 Å². The second kappa shape index (κ2) is 11.1. The van der Waals surface area contributed by atoms with E-state index in [1.165, 1.54) is 11.3 Å². The van der Waals surface area contributed by atoms with Gasteiger partial charge < -0.3 is 5.11 Å². The van der Waals surface area contributed by atoms with Crippen LogP contribution in [-0.4, -0.2) is 19.6 Å². The number of aromatic nitrogens is 3. The second-order valence-corrected chi connectivity index (χ2v) is 9.90. The monoisotopic (exact) mass is 718 g/mol. The van der Waals surface area contributed by atoms with Crippen molar-refractivity contribution in [3.05, 3.63) is 133 Å². The van der Waals surface area contributed by atoms with Crippen molar-refractivity contribution in [2.24, 2.45) is 0 Å². The Balaban J connectivity index is 0.00000329. The summed E-state index contributed by atoms with van der Waals surface area (Å²) in [4.78, 5) is 10.2. The molecule has 0 atom stereocenters. The van der Waals surface area contributed by atoms with Crippen LogP contribution >= 0.6 is 11.3 Å². The standard InChI is InChI=1S/C34H22N3OS.Pt/c38-31-16-5-4-13-28(31)34-36-33-27(14-7-15-30(33)37(34)26-11-2-1-3-12-26)23-9-6-10-24(21-23)29-22-25(18-19-35-29)32-17-8-20-39-32;/h1-20,22,38H;/q-1;/i18D,19D,22D;. The fourth-order valence-electron chi connectivity index (χ4n) is 4.75. The van der Waals surface area contributed by atoms with E-state index in [1.807, 2.05) is 101 Å². The molecule has 0 amide bonds. The third-order valence-electron chi connectivity index (χ3n) is 6.54. The first-order chi connectivity index (χ1) is 20.5. The summed E-state index contributed by atoms with van der Waals surface area (Å²) in [6.07, 6.45) is -0.181. The van der Waals surface area contributed by atoms with Crippen LogP contribution in [0, 0.1) is 6.07 Å². The summed E-state index contributed by atoms with van der Waals surface area (Å²) in [6.45, 7) is 0. The van der Waals surface area contributed by atoms with E-state index in [0.29, 0.717) is 28.2 Å². The van der Waals surface area contributed by atoms with Gasteiger partial charge >= 0.3 is 0 Å². The van der Waals surface area contributed by atoms with Gasteiger partial charge in [0, 0.05) is 43.5 Å². The molecule has 7 rings (SSSR count). The maximum absolute atomic E-state index is 10.8. The molecular weight excluding hydrogens is 694 g/mol. The van der Waals surface area contributed by atoms with Gasteiger partial charge in [0.05, 0.1) is 20.7 Å². The van der Waals surface area contributed by atoms with Crippen molar-refractivity contribution in [3.63, 3.8) is 0 Å². The van der Waals surface area contributed by atoms with Gasteiger partial charge in [0.2, 0.25) is 0 Å². The van der Waals surface area contributed by atoms with Gasteiger partial charge in [-0.25, -0.2) is 4.98 Å². The van der Waals surface area contributed by atoms with Gasteiger partial charge in [-0.1, -0.05) is 65.7 Å². The van der Waals surface area contributed by atoms with E-state index in [1.54, 1.807) is 12.1 Å². The van der Waals surface area contributed by atoms with Crippen LogP contribution in [0.4, 0.5) is 0 Å². The van der Waals surface area contributed by atoms with Crippen molar-refractivity contribution in [2.75, 3.05) is 0 Å². The number of benzene rings is 4. The topological polar surface area (TPSA) is 50.9 Å². The summed E-state index contributed by atoms with van der Waals surface area (Å²) >= 11 is 1.43. The van der Waals surface area contributed by atoms with E-state index < -0.39 is 0 Å². The zero-order valence-corrected chi connectivity index (χ0v) is 24.0. The summed E-state index contributed by atoms with van der Waals surface area (Å²) in [5, 5.41) is 12.6. The van der Waals surface area contributed by atoms with Crippen LogP contribution in [0.2, 0.25) is 0 Å². The van der Waals surface area contributed by atoms with Gasteiger partial charge in [-0.15, -0.1) is 41.2 Å². The molecule has 0 saturated carbocycles. The van der Waals surface area contributed by atoms with Crippen LogP contribution in [0.15, 0.2) is 127 Å². The number of phenolic OH excluding ortho intramolecular Hbond substituents is 1. The molecule has 6 heteroatoms. The van der Waals surface area contributed by atoms with E-state index in [-0.39, 0.29) is 45.1 Å². The number of thiophene rings is 1. The molecule has 196 valence electrons. The number of nitrogens with zero attached hydrogens (tertiary/aromatic N) is 3. The quantitative estimate of drug-likeness (QED) is 0.181. The van der Waals surface area contributed by atoms with Crippen LogP contribution in [-0.2, 0) is 21.1 Å². The van der Waals surface area contributed by atoms with E-state index in [0.717, 1.165) is 32.7 Å². The Morgan fingerprint density at radius 3 is 2.40 bits per heavy atom. The first-order valence-electron chi connectivity index (χ1n) is 13.9. The van der Waals surface area contributed by atoms with Crippen LogP contribution in [0.1, 0.15) is 4.11 Å². The number of hydrogen-bond acceptors (Lipinski definition) is 4. The summed E-state index contributed by atoms with van der Waals surface area (Å²) < 4.78 is 27.7. The minimum atomic E-state index is -0.181. The third-order valence-corrected chi connectivity index (χ3v) is 7.43. The van der Waals surface area contributed by atoms with Gasteiger partial charge in [-0.2, -0.15) is 0 Å². The Labute approximate surface area is 254 Å². The van der Waals surface area contributed by atoms with Crippen LogP contribution < -0.4 is 0 Å². The van der Waals surface area contributed by atoms with E-state index >= 15 is 0 Å². The smallest absolute Gasteiger partial charge is 0.148 e. The van der Waals surface area contributed by atoms with Gasteiger partial charge in [-0.05, 0) is 53.4 Å². The maximum Gasteiger partial charge on any atom is 0.148 e. The zero-order chi connectivity index (χ0) is 28.8. The van der Waals surface area contributed by atoms with Gasteiger partial charge in [-0.3, -0.25) is 9.55 Å². The molecule has 7 aromatic rings. The predicted octanol–water partition coefficient (Wildman–Crippen LogP) is 8.65. The Bertz CT molecular complexity index is 2100. The molecule has 0 aliphatic carbocycles. The Hall–Kier alpha value is -4.31. The summed E-state index contributed by atoms with van der Waals surface area (Å²) in [5.74, 6) is 0.748. The number of rotatable bonds is 5. The van der Waals surface area contributed by atoms with Crippen molar-refractivity contribution in [2.45, 2.75) is 0 Å². The van der Waals surface area contributed by atoms with E-state index in [4.69, 9.17) is 9.10 Å². The van der Waals surface area contributed by atoms with Gasteiger partial charge in [0.25, 0.3) is 0 Å². The molecule has 0 radical (unpaired) electrons. The predicted molar refractivity (Wildman–Crippen MR) is 159 cm³/mol. The Morgan fingerprint density at radius 1 is 0.800 bits per heavy atom. The van der Waals surface area contributed by atoms with Crippen LogP contribution in [0.25, 0.3) is 60.9 Å². The molecule has 0 unspecified atom stereocenters. The minimum absolute atomic E-state index is 0. The molecular formula is C34H22N3OPtS-. The summed E-state index contributed by atoms with van der Waals surface area (Å²) in [5.41, 5.74) is 5.96. The molecule has 0 fully saturated rings. The largest absolute Gasteiger partial charge is 0.507 e. The fraction of sp³-hybridized carbons (Fsp3) is 0. The number of aromatic hydroxyl groups is 1. The molecule has 3 heterocycles. The maximum atomic E-state index is 10.8. The zero-order valence-electron chi connectivity index (χ0n) is 23.9. The molecule has 1 N–H and O–H groups in total. The first-order valence-corrected chi connectivity index (χ1v) is 13.3. The first kappa shape index (κ1) is 22.5. The minimum Gasteiger partial charge on any atom is -0.507 e. The van der Waals surface area contributed by atoms with Crippen LogP contribution in [0.5, 0.6) is 5.75 Å². The molecule has 0 spiro atoms. The normalized spacial score (nSPS) is 11.9. The number of hydrogen-bond donors (Lipinski definition) is 1. The fourth-order valence-corrected chi connectivity index (χ4v) is 5.43. The molecule has 0 aliphatic rings. The molecule has 40 heavy (non-hydrogen) atoms. The SMILES string of the molecule is [2H]c1nc(-c2[c-]c(-c3cccc4c3nc(-c3ccccc3O)n4-c3ccccc3)ccc2)c([2H])c(-c2cccs2)c1[2H].[Pt]. The number of imidazole rings is 1. The molecule has 0 saturated heterocycles. The molecule has 0 bridgehead atoms. The van der Waals surface area contributed by atoms with Crippen molar-refractivity contribution >= 4 is 22.4 Å². The Kier molecular flexibility index (Phi) is 6.22. The summed E-state index contributed by atoms with van der Waals surface area (Å²) in [6, 6.07) is 35.8.